The molecule has 0 spiro atoms. The van der Waals surface area contributed by atoms with E-state index in [-0.39, 0.29) is 12.4 Å². The van der Waals surface area contributed by atoms with E-state index in [0.29, 0.717) is 13.1 Å². The van der Waals surface area contributed by atoms with Crippen LogP contribution in [0.3, 0.4) is 0 Å². The zero-order valence-electron chi connectivity index (χ0n) is 6.33. The predicted molar refractivity (Wildman–Crippen MR) is 35.7 cm³/mol. The van der Waals surface area contributed by atoms with E-state index in [4.69, 9.17) is 5.21 Å². The van der Waals surface area contributed by atoms with Crippen molar-refractivity contribution in [3.8, 4) is 0 Å². The Bertz CT molecular complexity index is 105. The first-order valence-corrected chi connectivity index (χ1v) is 3.21. The van der Waals surface area contributed by atoms with Gasteiger partial charge in [0.05, 0.1) is 13.5 Å². The smallest absolute Gasteiger partial charge is 0.306 e. The number of hydrogen-bond acceptors (Lipinski definition) is 4. The number of methoxy groups -OCH3 is 1. The second-order valence-corrected chi connectivity index (χ2v) is 1.87. The lowest BCUT2D eigenvalue weighted by molar-refractivity contribution is -0.145. The van der Waals surface area contributed by atoms with Gasteiger partial charge in [0.1, 0.15) is 0 Å². The Morgan fingerprint density at radius 3 is 2.70 bits per heavy atom. The van der Waals surface area contributed by atoms with Crippen LogP contribution in [0.2, 0.25) is 0 Å². The third-order valence-electron chi connectivity index (χ3n) is 1.17. The lowest BCUT2D eigenvalue weighted by atomic mass is 10.4. The van der Waals surface area contributed by atoms with Gasteiger partial charge < -0.3 is 9.94 Å². The van der Waals surface area contributed by atoms with Gasteiger partial charge in [-0.05, 0) is 0 Å². The molecule has 0 aliphatic rings. The van der Waals surface area contributed by atoms with E-state index in [2.05, 4.69) is 4.74 Å². The van der Waals surface area contributed by atoms with E-state index in [1.165, 1.54) is 7.11 Å². The molecule has 0 saturated carbocycles. The third kappa shape index (κ3) is 4.29. The van der Waals surface area contributed by atoms with Crippen LogP contribution in [0.4, 0.5) is 0 Å². The van der Waals surface area contributed by atoms with Gasteiger partial charge in [-0.15, -0.1) is 0 Å². The summed E-state index contributed by atoms with van der Waals surface area (Å²) < 4.78 is 4.37. The van der Waals surface area contributed by atoms with E-state index in [1.54, 1.807) is 6.92 Å². The molecule has 0 heterocycles. The number of nitrogens with zero attached hydrogens (tertiary/aromatic N) is 1. The van der Waals surface area contributed by atoms with E-state index < -0.39 is 0 Å². The van der Waals surface area contributed by atoms with Crippen LogP contribution >= 0.6 is 0 Å². The largest absolute Gasteiger partial charge is 0.469 e. The zero-order valence-corrected chi connectivity index (χ0v) is 6.33. The molecule has 0 rings (SSSR count). The Labute approximate surface area is 60.3 Å². The minimum Gasteiger partial charge on any atom is -0.469 e. The van der Waals surface area contributed by atoms with Crippen LogP contribution < -0.4 is 0 Å². The maximum Gasteiger partial charge on any atom is 0.306 e. The third-order valence-corrected chi connectivity index (χ3v) is 1.17. The van der Waals surface area contributed by atoms with Gasteiger partial charge in [0.15, 0.2) is 0 Å². The van der Waals surface area contributed by atoms with Gasteiger partial charge >= 0.3 is 5.97 Å². The highest BCUT2D eigenvalue weighted by molar-refractivity contribution is 5.69. The number of hydrogen-bond donors (Lipinski definition) is 1. The molecule has 1 N–H and O–H groups in total. The highest BCUT2D eigenvalue weighted by Gasteiger charge is 2.02. The Hall–Kier alpha value is -0.610. The molecule has 0 atom stereocenters. The molecule has 0 radical (unpaired) electrons. The molecule has 0 amide bonds. The second-order valence-electron chi connectivity index (χ2n) is 1.87. The van der Waals surface area contributed by atoms with Crippen LogP contribution in [0.25, 0.3) is 0 Å². The van der Waals surface area contributed by atoms with Crippen LogP contribution in [-0.2, 0) is 9.53 Å². The van der Waals surface area contributed by atoms with E-state index in [0.717, 1.165) is 5.06 Å². The highest BCUT2D eigenvalue weighted by Crippen LogP contribution is 1.87. The molecule has 0 aromatic carbocycles. The molecule has 0 bridgehead atoms. The van der Waals surface area contributed by atoms with Crippen molar-refractivity contribution in [2.75, 3.05) is 20.2 Å². The number of carbonyl (C=O) groups excluding carboxylic acids is 1. The van der Waals surface area contributed by atoms with Gasteiger partial charge in [-0.1, -0.05) is 6.92 Å². The Morgan fingerprint density at radius 2 is 2.30 bits per heavy atom. The first-order valence-electron chi connectivity index (χ1n) is 3.21. The minimum absolute atomic E-state index is 0.237. The van der Waals surface area contributed by atoms with Crippen molar-refractivity contribution in [3.63, 3.8) is 0 Å². The quantitative estimate of drug-likeness (QED) is 0.457. The summed E-state index contributed by atoms with van der Waals surface area (Å²) in [5.74, 6) is -0.299. The molecule has 60 valence electrons. The molecule has 0 aliphatic heterocycles. The number of esters is 1. The topological polar surface area (TPSA) is 49.8 Å². The van der Waals surface area contributed by atoms with Crippen molar-refractivity contribution in [1.29, 1.82) is 0 Å². The lowest BCUT2D eigenvalue weighted by Crippen LogP contribution is -2.22. The van der Waals surface area contributed by atoms with Crippen molar-refractivity contribution >= 4 is 5.97 Å². The van der Waals surface area contributed by atoms with Crippen LogP contribution in [0.1, 0.15) is 13.3 Å². The number of rotatable bonds is 4. The molecular weight excluding hydrogens is 134 g/mol. The summed E-state index contributed by atoms with van der Waals surface area (Å²) in [6.07, 6.45) is 0.237. The second kappa shape index (κ2) is 5.20. The average Bonchev–Trinajstić information content (AvgIpc) is 1.99. The molecule has 0 fully saturated rings. The van der Waals surface area contributed by atoms with Crippen LogP contribution in [0.5, 0.6) is 0 Å². The molecule has 0 unspecified atom stereocenters. The fourth-order valence-electron chi connectivity index (χ4n) is 0.481. The summed E-state index contributed by atoms with van der Waals surface area (Å²) in [6.45, 7) is 2.66. The van der Waals surface area contributed by atoms with Gasteiger partial charge in [0.25, 0.3) is 0 Å². The summed E-state index contributed by atoms with van der Waals surface area (Å²) in [5, 5.41) is 9.89. The maximum absolute atomic E-state index is 10.5. The van der Waals surface area contributed by atoms with Gasteiger partial charge in [-0.25, -0.2) is 0 Å². The Balaban J connectivity index is 3.26. The molecule has 0 aliphatic carbocycles. The summed E-state index contributed by atoms with van der Waals surface area (Å²) in [6, 6.07) is 0. The minimum atomic E-state index is -0.299. The molecule has 4 nitrogen and oxygen atoms in total. The summed E-state index contributed by atoms with van der Waals surface area (Å²) in [5.41, 5.74) is 0. The molecule has 0 aromatic rings. The molecule has 0 saturated heterocycles. The van der Waals surface area contributed by atoms with Crippen molar-refractivity contribution in [2.24, 2.45) is 0 Å². The maximum atomic E-state index is 10.5. The summed E-state index contributed by atoms with van der Waals surface area (Å²) in [7, 11) is 1.33. The van der Waals surface area contributed by atoms with Crippen molar-refractivity contribution in [3.05, 3.63) is 0 Å². The van der Waals surface area contributed by atoms with E-state index in [1.807, 2.05) is 0 Å². The van der Waals surface area contributed by atoms with Gasteiger partial charge in [-0.3, -0.25) is 4.79 Å². The summed E-state index contributed by atoms with van der Waals surface area (Å²) in [4.78, 5) is 10.5. The molecule has 10 heavy (non-hydrogen) atoms. The van der Waals surface area contributed by atoms with Crippen LogP contribution in [0, 0.1) is 0 Å². The fourth-order valence-corrected chi connectivity index (χ4v) is 0.481. The number of carbonyl (C=O) groups is 1. The average molecular weight is 147 g/mol. The van der Waals surface area contributed by atoms with E-state index in [9.17, 15) is 4.79 Å². The van der Waals surface area contributed by atoms with Crippen LogP contribution in [-0.4, -0.2) is 36.4 Å². The molecular formula is C6H13NO3. The first kappa shape index (κ1) is 9.39. The fraction of sp³-hybridized carbons (Fsp3) is 0.833. The van der Waals surface area contributed by atoms with Gasteiger partial charge in [-0.2, -0.15) is 5.06 Å². The number of ether oxygens (including phenoxy) is 1. The van der Waals surface area contributed by atoms with Crippen LogP contribution in [0.15, 0.2) is 0 Å². The first-order chi connectivity index (χ1) is 4.70. The Morgan fingerprint density at radius 1 is 1.70 bits per heavy atom. The normalized spacial score (nSPS) is 10.0. The lowest BCUT2D eigenvalue weighted by Gasteiger charge is -2.09. The number of hydroxylamine groups is 2. The SMILES string of the molecule is CCN(O)CCC(=O)OC. The van der Waals surface area contributed by atoms with Gasteiger partial charge in [0, 0.05) is 13.1 Å². The van der Waals surface area contributed by atoms with Crippen molar-refractivity contribution in [2.45, 2.75) is 13.3 Å². The predicted octanol–water partition coefficient (Wildman–Crippen LogP) is 0.261. The standard InChI is InChI=1S/C6H13NO3/c1-3-7(9)5-4-6(8)10-2/h9H,3-5H2,1-2H3. The zero-order chi connectivity index (χ0) is 7.98. The van der Waals surface area contributed by atoms with Crippen molar-refractivity contribution < 1.29 is 14.7 Å². The van der Waals surface area contributed by atoms with Crippen molar-refractivity contribution in [1.82, 2.24) is 5.06 Å². The Kier molecular flexibility index (Phi) is 4.88. The van der Waals surface area contributed by atoms with Gasteiger partial charge in [0.2, 0.25) is 0 Å². The molecule has 0 aromatic heterocycles. The monoisotopic (exact) mass is 147 g/mol. The summed E-state index contributed by atoms with van der Waals surface area (Å²) >= 11 is 0. The molecule has 4 heteroatoms. The van der Waals surface area contributed by atoms with E-state index >= 15 is 0 Å². The highest BCUT2D eigenvalue weighted by atomic mass is 16.5.